The summed E-state index contributed by atoms with van der Waals surface area (Å²) in [6.45, 7) is 4.05. The molecule has 0 bridgehead atoms. The van der Waals surface area contributed by atoms with E-state index in [-0.39, 0.29) is 12.2 Å². The average molecular weight is 232 g/mol. The smallest absolute Gasteiger partial charge is 0.410 e. The molecule has 0 radical (unpaired) electrons. The van der Waals surface area contributed by atoms with Gasteiger partial charge in [0.2, 0.25) is 0 Å². The van der Waals surface area contributed by atoms with Gasteiger partial charge in [-0.3, -0.25) is 0 Å². The van der Waals surface area contributed by atoms with Crippen molar-refractivity contribution in [2.75, 3.05) is 7.05 Å². The molecule has 0 spiro atoms. The number of carbonyl (C=O) groups excluding carboxylic acids is 1. The summed E-state index contributed by atoms with van der Waals surface area (Å²) in [4.78, 5) is 13.0. The van der Waals surface area contributed by atoms with Gasteiger partial charge in [0.25, 0.3) is 0 Å². The van der Waals surface area contributed by atoms with E-state index in [0.717, 1.165) is 5.56 Å². The lowest BCUT2D eigenvalue weighted by atomic mass is 10.1. The Hall–Kier alpha value is -2.02. The fourth-order valence-corrected chi connectivity index (χ4v) is 1.37. The summed E-state index contributed by atoms with van der Waals surface area (Å²) in [5.41, 5.74) is 1.50. The van der Waals surface area contributed by atoms with E-state index in [0.29, 0.717) is 12.1 Å². The lowest BCUT2D eigenvalue weighted by molar-refractivity contribution is 0.0822. The Labute approximate surface area is 101 Å². The van der Waals surface area contributed by atoms with Gasteiger partial charge in [-0.15, -0.1) is 0 Å². The fourth-order valence-electron chi connectivity index (χ4n) is 1.37. The Kier molecular flexibility index (Phi) is 4.53. The molecule has 0 aliphatic rings. The van der Waals surface area contributed by atoms with Crippen LogP contribution in [0.1, 0.15) is 25.0 Å². The molecule has 0 atom stereocenters. The van der Waals surface area contributed by atoms with E-state index in [9.17, 15) is 4.79 Å². The first-order valence-corrected chi connectivity index (χ1v) is 5.43. The topological polar surface area (TPSA) is 53.3 Å². The largest absolute Gasteiger partial charge is 0.447 e. The molecular formula is C13H16N2O2. The van der Waals surface area contributed by atoms with Crippen LogP contribution in [0, 0.1) is 11.3 Å². The number of hydrogen-bond donors (Lipinski definition) is 0. The summed E-state index contributed by atoms with van der Waals surface area (Å²) >= 11 is 0. The van der Waals surface area contributed by atoms with Crippen LogP contribution in [-0.2, 0) is 11.3 Å². The second-order valence-electron chi connectivity index (χ2n) is 4.10. The maximum atomic E-state index is 11.6. The van der Waals surface area contributed by atoms with Crippen LogP contribution in [0.4, 0.5) is 4.79 Å². The maximum absolute atomic E-state index is 11.6. The molecule has 0 N–H and O–H groups in total. The van der Waals surface area contributed by atoms with Crippen LogP contribution in [0.5, 0.6) is 0 Å². The van der Waals surface area contributed by atoms with E-state index in [1.165, 1.54) is 4.90 Å². The van der Waals surface area contributed by atoms with Crippen molar-refractivity contribution in [3.63, 3.8) is 0 Å². The summed E-state index contributed by atoms with van der Waals surface area (Å²) in [6.07, 6.45) is -0.488. The van der Waals surface area contributed by atoms with Gasteiger partial charge in [-0.1, -0.05) is 12.1 Å². The number of carbonyl (C=O) groups is 1. The number of hydrogen-bond acceptors (Lipinski definition) is 3. The first-order valence-electron chi connectivity index (χ1n) is 5.43. The minimum atomic E-state index is -0.359. The second-order valence-corrected chi connectivity index (χ2v) is 4.10. The third kappa shape index (κ3) is 4.15. The molecule has 0 heterocycles. The van der Waals surface area contributed by atoms with Crippen LogP contribution in [0.25, 0.3) is 0 Å². The van der Waals surface area contributed by atoms with E-state index >= 15 is 0 Å². The number of amides is 1. The summed E-state index contributed by atoms with van der Waals surface area (Å²) in [5, 5.41) is 8.77. The van der Waals surface area contributed by atoms with Gasteiger partial charge in [0, 0.05) is 13.6 Å². The Balaban J connectivity index is 2.64. The molecule has 0 fully saturated rings. The SMILES string of the molecule is CC(C)OC(=O)N(C)Cc1cccc(C#N)c1. The fraction of sp³-hybridized carbons (Fsp3) is 0.385. The van der Waals surface area contributed by atoms with Crippen LogP contribution in [0.3, 0.4) is 0 Å². The number of benzene rings is 1. The summed E-state index contributed by atoms with van der Waals surface area (Å²) in [5.74, 6) is 0. The van der Waals surface area contributed by atoms with Crippen molar-refractivity contribution in [3.8, 4) is 6.07 Å². The minimum Gasteiger partial charge on any atom is -0.447 e. The molecule has 0 aliphatic heterocycles. The summed E-state index contributed by atoms with van der Waals surface area (Å²) < 4.78 is 5.06. The molecule has 4 nitrogen and oxygen atoms in total. The van der Waals surface area contributed by atoms with E-state index in [4.69, 9.17) is 10.00 Å². The van der Waals surface area contributed by atoms with Crippen molar-refractivity contribution >= 4 is 6.09 Å². The predicted octanol–water partition coefficient (Wildman–Crippen LogP) is 2.54. The molecule has 0 aromatic heterocycles. The molecule has 0 aliphatic carbocycles. The zero-order chi connectivity index (χ0) is 12.8. The Morgan fingerprint density at radius 3 is 2.82 bits per heavy atom. The molecule has 0 unspecified atom stereocenters. The van der Waals surface area contributed by atoms with Crippen molar-refractivity contribution in [2.45, 2.75) is 26.5 Å². The third-order valence-electron chi connectivity index (χ3n) is 2.12. The van der Waals surface area contributed by atoms with Gasteiger partial charge >= 0.3 is 6.09 Å². The van der Waals surface area contributed by atoms with Crippen molar-refractivity contribution in [1.29, 1.82) is 5.26 Å². The molecule has 90 valence electrons. The normalized spacial score (nSPS) is 9.82. The van der Waals surface area contributed by atoms with Gasteiger partial charge in [-0.2, -0.15) is 5.26 Å². The summed E-state index contributed by atoms with van der Waals surface area (Å²) in [7, 11) is 1.67. The second kappa shape index (κ2) is 5.90. The standard InChI is InChI=1S/C13H16N2O2/c1-10(2)17-13(16)15(3)9-12-6-4-5-11(7-12)8-14/h4-7,10H,9H2,1-3H3. The highest BCUT2D eigenvalue weighted by atomic mass is 16.6. The van der Waals surface area contributed by atoms with E-state index in [1.54, 1.807) is 25.2 Å². The Morgan fingerprint density at radius 1 is 1.53 bits per heavy atom. The molecule has 0 saturated heterocycles. The highest BCUT2D eigenvalue weighted by molar-refractivity contribution is 5.67. The molecule has 17 heavy (non-hydrogen) atoms. The van der Waals surface area contributed by atoms with Gasteiger partial charge in [0.1, 0.15) is 0 Å². The first-order chi connectivity index (χ1) is 8.02. The van der Waals surface area contributed by atoms with Crippen LogP contribution < -0.4 is 0 Å². The molecule has 1 aromatic carbocycles. The number of ether oxygens (including phenoxy) is 1. The lowest BCUT2D eigenvalue weighted by Gasteiger charge is -2.18. The van der Waals surface area contributed by atoms with Gasteiger partial charge in [0.05, 0.1) is 17.7 Å². The number of rotatable bonds is 3. The van der Waals surface area contributed by atoms with Crippen LogP contribution in [0.2, 0.25) is 0 Å². The number of nitrogens with zero attached hydrogens (tertiary/aromatic N) is 2. The van der Waals surface area contributed by atoms with E-state index < -0.39 is 0 Å². The highest BCUT2D eigenvalue weighted by Crippen LogP contribution is 2.08. The molecule has 1 rings (SSSR count). The summed E-state index contributed by atoms with van der Waals surface area (Å²) in [6, 6.07) is 9.24. The van der Waals surface area contributed by atoms with Gasteiger partial charge in [-0.25, -0.2) is 4.79 Å². The molecule has 1 aromatic rings. The van der Waals surface area contributed by atoms with E-state index in [2.05, 4.69) is 6.07 Å². The first kappa shape index (κ1) is 13.0. The quantitative estimate of drug-likeness (QED) is 0.804. The van der Waals surface area contributed by atoms with Gasteiger partial charge < -0.3 is 9.64 Å². The molecule has 4 heteroatoms. The van der Waals surface area contributed by atoms with Crippen LogP contribution >= 0.6 is 0 Å². The van der Waals surface area contributed by atoms with Gasteiger partial charge in [-0.05, 0) is 31.5 Å². The Morgan fingerprint density at radius 2 is 2.24 bits per heavy atom. The highest BCUT2D eigenvalue weighted by Gasteiger charge is 2.12. The number of nitriles is 1. The zero-order valence-electron chi connectivity index (χ0n) is 10.3. The average Bonchev–Trinajstić information content (AvgIpc) is 2.28. The monoisotopic (exact) mass is 232 g/mol. The molecule has 1 amide bonds. The predicted molar refractivity (Wildman–Crippen MR) is 64.2 cm³/mol. The lowest BCUT2D eigenvalue weighted by Crippen LogP contribution is -2.29. The Bertz CT molecular complexity index is 435. The third-order valence-corrected chi connectivity index (χ3v) is 2.12. The van der Waals surface area contributed by atoms with Gasteiger partial charge in [0.15, 0.2) is 0 Å². The van der Waals surface area contributed by atoms with Crippen molar-refractivity contribution in [3.05, 3.63) is 35.4 Å². The van der Waals surface area contributed by atoms with Crippen LogP contribution in [0.15, 0.2) is 24.3 Å². The molecular weight excluding hydrogens is 216 g/mol. The van der Waals surface area contributed by atoms with Crippen molar-refractivity contribution in [2.24, 2.45) is 0 Å². The van der Waals surface area contributed by atoms with E-state index in [1.807, 2.05) is 19.9 Å². The maximum Gasteiger partial charge on any atom is 0.410 e. The van der Waals surface area contributed by atoms with Crippen molar-refractivity contribution in [1.82, 2.24) is 4.90 Å². The molecule has 0 saturated carbocycles. The zero-order valence-corrected chi connectivity index (χ0v) is 10.3. The minimum absolute atomic E-state index is 0.129. The van der Waals surface area contributed by atoms with Crippen molar-refractivity contribution < 1.29 is 9.53 Å². The van der Waals surface area contributed by atoms with Crippen LogP contribution in [-0.4, -0.2) is 24.1 Å².